The van der Waals surface area contributed by atoms with Gasteiger partial charge in [0, 0.05) is 5.56 Å². The number of ketones is 1. The van der Waals surface area contributed by atoms with Crippen molar-refractivity contribution >= 4 is 5.78 Å². The van der Waals surface area contributed by atoms with Crippen molar-refractivity contribution in [2.75, 3.05) is 7.11 Å². The summed E-state index contributed by atoms with van der Waals surface area (Å²) in [5.74, 6) is 2.95. The third kappa shape index (κ3) is 1.86. The van der Waals surface area contributed by atoms with E-state index in [-0.39, 0.29) is 11.2 Å². The van der Waals surface area contributed by atoms with Crippen LogP contribution in [-0.4, -0.2) is 12.9 Å². The lowest BCUT2D eigenvalue weighted by Crippen LogP contribution is -2.36. The zero-order chi connectivity index (χ0) is 18.9. The first-order valence-electron chi connectivity index (χ1n) is 10.1. The van der Waals surface area contributed by atoms with E-state index >= 15 is 0 Å². The van der Waals surface area contributed by atoms with E-state index in [1.807, 2.05) is 24.3 Å². The Morgan fingerprint density at radius 1 is 0.929 bits per heavy atom. The lowest BCUT2D eigenvalue weighted by atomic mass is 9.63. The summed E-state index contributed by atoms with van der Waals surface area (Å²) in [4.78, 5) is 13.9. The van der Waals surface area contributed by atoms with E-state index < -0.39 is 0 Å². The number of methoxy groups -OCH3 is 1. The molecule has 28 heavy (non-hydrogen) atoms. The highest BCUT2D eigenvalue weighted by Crippen LogP contribution is 2.80. The highest BCUT2D eigenvalue weighted by atomic mass is 16.5. The molecule has 5 atom stereocenters. The summed E-state index contributed by atoms with van der Waals surface area (Å²) in [6.45, 7) is 0. The van der Waals surface area contributed by atoms with Gasteiger partial charge in [-0.1, -0.05) is 54.6 Å². The summed E-state index contributed by atoms with van der Waals surface area (Å²) in [5, 5.41) is 0. The molecule has 2 fully saturated rings. The number of ether oxygens (including phenoxy) is 1. The van der Waals surface area contributed by atoms with Crippen molar-refractivity contribution < 1.29 is 9.53 Å². The number of Topliss-reactive ketones (excluding diaryl/α,β-unsaturated/α-hetero) is 1. The number of benzene rings is 3. The van der Waals surface area contributed by atoms with Gasteiger partial charge in [-0.15, -0.1) is 0 Å². The largest absolute Gasteiger partial charge is 0.497 e. The normalized spacial score (nSPS) is 31.2. The Balaban J connectivity index is 1.50. The zero-order valence-electron chi connectivity index (χ0n) is 15.8. The quantitative estimate of drug-likeness (QED) is 0.582. The zero-order valence-corrected chi connectivity index (χ0v) is 15.8. The van der Waals surface area contributed by atoms with Crippen molar-refractivity contribution in [2.24, 2.45) is 11.8 Å². The fraction of sp³-hybridized carbons (Fsp3) is 0.269. The van der Waals surface area contributed by atoms with Crippen molar-refractivity contribution in [3.63, 3.8) is 0 Å². The predicted octanol–water partition coefficient (Wildman–Crippen LogP) is 5.35. The average Bonchev–Trinajstić information content (AvgIpc) is 3.30. The first-order chi connectivity index (χ1) is 13.8. The Bertz CT molecular complexity index is 1070. The fourth-order valence-electron chi connectivity index (χ4n) is 6.46. The van der Waals surface area contributed by atoms with Gasteiger partial charge < -0.3 is 4.74 Å². The highest BCUT2D eigenvalue weighted by Gasteiger charge is 2.79. The number of fused-ring (bicyclic) bond motifs is 5. The summed E-state index contributed by atoms with van der Waals surface area (Å²) in [6.07, 6.45) is 1.13. The summed E-state index contributed by atoms with van der Waals surface area (Å²) >= 11 is 0. The predicted molar refractivity (Wildman–Crippen MR) is 109 cm³/mol. The molecular formula is C26H22O2. The van der Waals surface area contributed by atoms with Gasteiger partial charge in [-0.2, -0.15) is 0 Å². The number of hydrogen-bond acceptors (Lipinski definition) is 2. The van der Waals surface area contributed by atoms with Crippen molar-refractivity contribution in [2.45, 2.75) is 23.7 Å². The maximum absolute atomic E-state index is 13.9. The number of carbonyl (C=O) groups excluding carboxylic acids is 1. The molecule has 0 spiro atoms. The number of carbonyl (C=O) groups is 1. The lowest BCUT2D eigenvalue weighted by molar-refractivity contribution is 0.0911. The van der Waals surface area contributed by atoms with Crippen LogP contribution in [0, 0.1) is 11.8 Å². The molecular weight excluding hydrogens is 344 g/mol. The molecule has 2 unspecified atom stereocenters. The fourth-order valence-corrected chi connectivity index (χ4v) is 6.46. The van der Waals surface area contributed by atoms with E-state index in [1.165, 1.54) is 16.7 Å². The van der Waals surface area contributed by atoms with Gasteiger partial charge in [0.2, 0.25) is 0 Å². The van der Waals surface area contributed by atoms with Gasteiger partial charge in [0.05, 0.1) is 12.5 Å². The molecule has 138 valence electrons. The smallest absolute Gasteiger partial charge is 0.173 e. The second kappa shape index (κ2) is 5.57. The second-order valence-corrected chi connectivity index (χ2v) is 8.42. The molecule has 0 N–H and O–H groups in total. The molecule has 2 bridgehead atoms. The summed E-state index contributed by atoms with van der Waals surface area (Å²) in [7, 11) is 1.66. The van der Waals surface area contributed by atoms with Gasteiger partial charge in [-0.3, -0.25) is 4.79 Å². The molecule has 2 nitrogen and oxygen atoms in total. The number of rotatable bonds is 4. The van der Waals surface area contributed by atoms with E-state index in [0.29, 0.717) is 23.7 Å². The Labute approximate surface area is 165 Å². The third-order valence-corrected chi connectivity index (χ3v) is 7.48. The van der Waals surface area contributed by atoms with Crippen LogP contribution < -0.4 is 4.74 Å². The van der Waals surface area contributed by atoms with Crippen LogP contribution in [0.5, 0.6) is 5.75 Å². The van der Waals surface area contributed by atoms with Gasteiger partial charge in [-0.25, -0.2) is 0 Å². The molecule has 2 saturated carbocycles. The SMILES string of the molecule is COc1ccc(C(=O)C23c4ccccc4[C@H]4C[C@@H]2C3[C@H]4c2ccccc2)cc1. The molecule has 0 heterocycles. The standard InChI is InChI=1S/C26H22O2/c1-28-18-13-11-17(12-14-18)25(27)26-21-10-6-5-9-19(21)20-15-22(26)24(26)23(20)16-7-3-2-4-8-16/h2-14,20,22-24H,15H2,1H3/t20-,22-,23+,24?,26?/m1/s1. The molecule has 0 amide bonds. The van der Waals surface area contributed by atoms with Crippen molar-refractivity contribution in [3.05, 3.63) is 101 Å². The molecule has 0 aromatic heterocycles. The van der Waals surface area contributed by atoms with E-state index in [0.717, 1.165) is 17.7 Å². The van der Waals surface area contributed by atoms with Crippen LogP contribution >= 0.6 is 0 Å². The highest BCUT2D eigenvalue weighted by molar-refractivity contribution is 6.08. The van der Waals surface area contributed by atoms with Crippen LogP contribution in [0.15, 0.2) is 78.9 Å². The summed E-state index contributed by atoms with van der Waals surface area (Å²) < 4.78 is 5.28. The molecule has 2 heteroatoms. The van der Waals surface area contributed by atoms with Gasteiger partial charge in [0.25, 0.3) is 0 Å². The van der Waals surface area contributed by atoms with Crippen LogP contribution in [0.3, 0.4) is 0 Å². The Morgan fingerprint density at radius 3 is 2.39 bits per heavy atom. The monoisotopic (exact) mass is 366 g/mol. The van der Waals surface area contributed by atoms with E-state index in [1.54, 1.807) is 7.11 Å². The van der Waals surface area contributed by atoms with Gasteiger partial charge >= 0.3 is 0 Å². The van der Waals surface area contributed by atoms with E-state index in [4.69, 9.17) is 4.74 Å². The molecule has 3 aromatic carbocycles. The van der Waals surface area contributed by atoms with Crippen LogP contribution in [0.2, 0.25) is 0 Å². The molecule has 6 rings (SSSR count). The summed E-state index contributed by atoms with van der Waals surface area (Å²) in [6, 6.07) is 27.2. The van der Waals surface area contributed by atoms with Gasteiger partial charge in [0.1, 0.15) is 5.75 Å². The average molecular weight is 366 g/mol. The second-order valence-electron chi connectivity index (χ2n) is 8.42. The lowest BCUT2D eigenvalue weighted by Gasteiger charge is -2.39. The molecule has 3 aromatic rings. The topological polar surface area (TPSA) is 26.3 Å². The van der Waals surface area contributed by atoms with Crippen LogP contribution in [0.1, 0.15) is 45.3 Å². The van der Waals surface area contributed by atoms with Crippen molar-refractivity contribution in [1.82, 2.24) is 0 Å². The van der Waals surface area contributed by atoms with E-state index in [9.17, 15) is 4.79 Å². The molecule has 3 aliphatic carbocycles. The van der Waals surface area contributed by atoms with E-state index in [2.05, 4.69) is 54.6 Å². The molecule has 0 aliphatic heterocycles. The Morgan fingerprint density at radius 2 is 1.64 bits per heavy atom. The third-order valence-electron chi connectivity index (χ3n) is 7.48. The van der Waals surface area contributed by atoms with Crippen molar-refractivity contribution in [1.29, 1.82) is 0 Å². The molecule has 0 saturated heterocycles. The molecule has 0 radical (unpaired) electrons. The van der Waals surface area contributed by atoms with Crippen LogP contribution in [0.25, 0.3) is 0 Å². The maximum atomic E-state index is 13.9. The Kier molecular flexibility index (Phi) is 3.21. The molecule has 3 aliphatic rings. The van der Waals surface area contributed by atoms with Crippen molar-refractivity contribution in [3.8, 4) is 5.75 Å². The number of hydrogen-bond donors (Lipinski definition) is 0. The minimum Gasteiger partial charge on any atom is -0.497 e. The maximum Gasteiger partial charge on any atom is 0.173 e. The van der Waals surface area contributed by atoms with Gasteiger partial charge in [-0.05, 0) is 71.0 Å². The first-order valence-corrected chi connectivity index (χ1v) is 10.1. The van der Waals surface area contributed by atoms with Crippen LogP contribution in [-0.2, 0) is 5.41 Å². The van der Waals surface area contributed by atoms with Gasteiger partial charge in [0.15, 0.2) is 5.78 Å². The Hall–Kier alpha value is -2.87. The van der Waals surface area contributed by atoms with Crippen LogP contribution in [0.4, 0.5) is 0 Å². The first kappa shape index (κ1) is 16.1. The summed E-state index contributed by atoms with van der Waals surface area (Å²) in [5.41, 5.74) is 4.52. The minimum atomic E-state index is -0.347. The minimum absolute atomic E-state index is 0.289.